The number of methoxy groups -OCH3 is 1. The molecule has 0 saturated heterocycles. The van der Waals surface area contributed by atoms with E-state index in [1.165, 1.54) is 5.56 Å². The minimum Gasteiger partial charge on any atom is -0.497 e. The van der Waals surface area contributed by atoms with Crippen LogP contribution in [0.25, 0.3) is 22.6 Å². The van der Waals surface area contributed by atoms with E-state index in [9.17, 15) is 4.79 Å². The number of nitrogens with one attached hydrogen (secondary N) is 1. The van der Waals surface area contributed by atoms with E-state index in [0.29, 0.717) is 29.3 Å². The van der Waals surface area contributed by atoms with Crippen molar-refractivity contribution in [3.8, 4) is 17.1 Å². The lowest BCUT2D eigenvalue weighted by Crippen LogP contribution is -2.14. The molecule has 26 heavy (non-hydrogen) atoms. The molecule has 130 valence electrons. The average molecular weight is 346 g/mol. The summed E-state index contributed by atoms with van der Waals surface area (Å²) < 4.78 is 7.08. The molecule has 2 heterocycles. The number of hydrogen-bond donors (Lipinski definition) is 1. The number of ether oxygens (including phenoxy) is 1. The average Bonchev–Trinajstić information content (AvgIpc) is 3.11. The van der Waals surface area contributed by atoms with Crippen molar-refractivity contribution in [2.75, 3.05) is 7.11 Å². The lowest BCUT2D eigenvalue weighted by molar-refractivity contribution is 0.415. The molecule has 0 unspecified atom stereocenters. The highest BCUT2D eigenvalue weighted by Crippen LogP contribution is 2.21. The molecular formula is C20H18N4O2. The number of H-pyrrole nitrogens is 1. The molecule has 2 aromatic carbocycles. The maximum Gasteiger partial charge on any atom is 0.277 e. The van der Waals surface area contributed by atoms with Crippen LogP contribution in [0.4, 0.5) is 0 Å². The van der Waals surface area contributed by atoms with Gasteiger partial charge in [-0.15, -0.1) is 0 Å². The number of hydrogen-bond acceptors (Lipinski definition) is 4. The van der Waals surface area contributed by atoms with E-state index in [4.69, 9.17) is 4.74 Å². The molecule has 0 amide bonds. The van der Waals surface area contributed by atoms with Gasteiger partial charge in [-0.25, -0.2) is 9.97 Å². The van der Waals surface area contributed by atoms with Crippen LogP contribution in [0, 0.1) is 0 Å². The molecule has 2 aromatic heterocycles. The van der Waals surface area contributed by atoms with Gasteiger partial charge in [-0.3, -0.25) is 4.79 Å². The van der Waals surface area contributed by atoms with Crippen molar-refractivity contribution >= 4 is 11.2 Å². The smallest absolute Gasteiger partial charge is 0.277 e. The molecule has 0 fully saturated rings. The molecule has 4 aromatic rings. The third-order valence-corrected chi connectivity index (χ3v) is 4.31. The maximum atomic E-state index is 12.6. The summed E-state index contributed by atoms with van der Waals surface area (Å²) in [6.07, 6.45) is 2.49. The number of fused-ring (bicyclic) bond motifs is 1. The van der Waals surface area contributed by atoms with Gasteiger partial charge in [0.05, 0.1) is 13.4 Å². The summed E-state index contributed by atoms with van der Waals surface area (Å²) in [6.45, 7) is 0.670. The molecule has 0 atom stereocenters. The maximum absolute atomic E-state index is 12.6. The summed E-state index contributed by atoms with van der Waals surface area (Å²) in [6, 6.07) is 17.6. The Bertz CT molecular complexity index is 1100. The number of aromatic amines is 1. The van der Waals surface area contributed by atoms with Gasteiger partial charge in [-0.2, -0.15) is 0 Å². The van der Waals surface area contributed by atoms with Crippen LogP contribution in [-0.4, -0.2) is 26.6 Å². The standard InChI is InChI=1S/C20H18N4O2/c1-26-16-9-5-8-15(12-16)18-22-19-17(20(25)23-18)24(13-21-19)11-10-14-6-3-2-4-7-14/h2-9,12-13H,10-11H2,1H3,(H,22,23,25). The van der Waals surface area contributed by atoms with Crippen molar-refractivity contribution in [3.05, 3.63) is 76.8 Å². The Labute approximate surface area is 150 Å². The predicted molar refractivity (Wildman–Crippen MR) is 100 cm³/mol. The highest BCUT2D eigenvalue weighted by molar-refractivity contribution is 5.72. The summed E-state index contributed by atoms with van der Waals surface area (Å²) in [7, 11) is 1.60. The fourth-order valence-corrected chi connectivity index (χ4v) is 2.96. The monoisotopic (exact) mass is 346 g/mol. The van der Waals surface area contributed by atoms with Crippen LogP contribution in [0.3, 0.4) is 0 Å². The van der Waals surface area contributed by atoms with Gasteiger partial charge < -0.3 is 14.3 Å². The Morgan fingerprint density at radius 1 is 1.12 bits per heavy atom. The topological polar surface area (TPSA) is 72.8 Å². The van der Waals surface area contributed by atoms with Gasteiger partial charge in [-0.05, 0) is 24.1 Å². The normalized spacial score (nSPS) is 11.0. The van der Waals surface area contributed by atoms with Crippen LogP contribution in [0.15, 0.2) is 65.7 Å². The molecule has 1 N–H and O–H groups in total. The summed E-state index contributed by atoms with van der Waals surface area (Å²) >= 11 is 0. The van der Waals surface area contributed by atoms with Crippen molar-refractivity contribution in [1.82, 2.24) is 19.5 Å². The molecular weight excluding hydrogens is 328 g/mol. The molecule has 4 rings (SSSR count). The Balaban J connectivity index is 1.68. The number of benzene rings is 2. The van der Waals surface area contributed by atoms with Crippen molar-refractivity contribution in [2.45, 2.75) is 13.0 Å². The summed E-state index contributed by atoms with van der Waals surface area (Å²) in [5.74, 6) is 1.19. The van der Waals surface area contributed by atoms with E-state index >= 15 is 0 Å². The van der Waals surface area contributed by atoms with Crippen molar-refractivity contribution in [3.63, 3.8) is 0 Å². The van der Waals surface area contributed by atoms with E-state index in [1.54, 1.807) is 13.4 Å². The quantitative estimate of drug-likeness (QED) is 0.603. The fraction of sp³-hybridized carbons (Fsp3) is 0.150. The number of nitrogens with zero attached hydrogens (tertiary/aromatic N) is 3. The Morgan fingerprint density at radius 2 is 1.96 bits per heavy atom. The van der Waals surface area contributed by atoms with E-state index in [2.05, 4.69) is 27.1 Å². The van der Waals surface area contributed by atoms with Gasteiger partial charge in [0.25, 0.3) is 5.56 Å². The lowest BCUT2D eigenvalue weighted by atomic mass is 10.1. The molecule has 6 nitrogen and oxygen atoms in total. The molecule has 6 heteroatoms. The Hall–Kier alpha value is -3.41. The molecule has 0 spiro atoms. The van der Waals surface area contributed by atoms with Crippen LogP contribution in [-0.2, 0) is 13.0 Å². The molecule has 0 bridgehead atoms. The number of aryl methyl sites for hydroxylation is 2. The second kappa shape index (κ2) is 6.84. The van der Waals surface area contributed by atoms with Crippen LogP contribution >= 0.6 is 0 Å². The van der Waals surface area contributed by atoms with Crippen LogP contribution < -0.4 is 10.3 Å². The predicted octanol–water partition coefficient (Wildman–Crippen LogP) is 3.04. The first-order valence-electron chi connectivity index (χ1n) is 8.38. The van der Waals surface area contributed by atoms with Gasteiger partial charge in [0, 0.05) is 12.1 Å². The van der Waals surface area contributed by atoms with Gasteiger partial charge >= 0.3 is 0 Å². The lowest BCUT2D eigenvalue weighted by Gasteiger charge is -2.06. The van der Waals surface area contributed by atoms with E-state index in [-0.39, 0.29) is 5.56 Å². The third kappa shape index (κ3) is 3.09. The summed E-state index contributed by atoms with van der Waals surface area (Å²) in [5, 5.41) is 0. The van der Waals surface area contributed by atoms with E-state index in [1.807, 2.05) is 47.0 Å². The molecule has 0 radical (unpaired) electrons. The van der Waals surface area contributed by atoms with Crippen LogP contribution in [0.5, 0.6) is 5.75 Å². The van der Waals surface area contributed by atoms with Crippen molar-refractivity contribution < 1.29 is 4.74 Å². The first-order chi connectivity index (χ1) is 12.7. The van der Waals surface area contributed by atoms with Gasteiger partial charge in [0.1, 0.15) is 11.6 Å². The SMILES string of the molecule is COc1cccc(-c2nc3ncn(CCc4ccccc4)c3c(=O)[nH]2)c1. The third-order valence-electron chi connectivity index (χ3n) is 4.31. The molecule has 0 aliphatic heterocycles. The number of aromatic nitrogens is 4. The highest BCUT2D eigenvalue weighted by atomic mass is 16.5. The van der Waals surface area contributed by atoms with Crippen LogP contribution in [0.2, 0.25) is 0 Å². The number of rotatable bonds is 5. The van der Waals surface area contributed by atoms with E-state index < -0.39 is 0 Å². The zero-order chi connectivity index (χ0) is 17.9. The molecule has 0 aliphatic rings. The van der Waals surface area contributed by atoms with Gasteiger partial charge in [-0.1, -0.05) is 42.5 Å². The first-order valence-corrected chi connectivity index (χ1v) is 8.38. The highest BCUT2D eigenvalue weighted by Gasteiger charge is 2.12. The van der Waals surface area contributed by atoms with Gasteiger partial charge in [0.15, 0.2) is 11.2 Å². The zero-order valence-corrected chi connectivity index (χ0v) is 14.3. The zero-order valence-electron chi connectivity index (χ0n) is 14.3. The summed E-state index contributed by atoms with van der Waals surface area (Å²) in [5.41, 5.74) is 2.74. The Morgan fingerprint density at radius 3 is 2.77 bits per heavy atom. The molecule has 0 saturated carbocycles. The minimum absolute atomic E-state index is 0.196. The van der Waals surface area contributed by atoms with Crippen LogP contribution in [0.1, 0.15) is 5.56 Å². The number of imidazole rings is 1. The van der Waals surface area contributed by atoms with Crippen molar-refractivity contribution in [2.24, 2.45) is 0 Å². The second-order valence-corrected chi connectivity index (χ2v) is 5.99. The summed E-state index contributed by atoms with van der Waals surface area (Å²) in [4.78, 5) is 24.3. The van der Waals surface area contributed by atoms with Crippen molar-refractivity contribution in [1.29, 1.82) is 0 Å². The fourth-order valence-electron chi connectivity index (χ4n) is 2.96. The Kier molecular flexibility index (Phi) is 4.23. The van der Waals surface area contributed by atoms with Gasteiger partial charge in [0.2, 0.25) is 0 Å². The largest absolute Gasteiger partial charge is 0.497 e. The minimum atomic E-state index is -0.196. The van der Waals surface area contributed by atoms with E-state index in [0.717, 1.165) is 12.0 Å². The second-order valence-electron chi connectivity index (χ2n) is 5.99. The molecule has 0 aliphatic carbocycles. The first kappa shape index (κ1) is 16.1.